The number of nitrogens with two attached hydrogens (primary N) is 1. The van der Waals surface area contributed by atoms with Crippen molar-refractivity contribution >= 4 is 12.0 Å². The lowest BCUT2D eigenvalue weighted by Gasteiger charge is -2.39. The molecule has 0 unspecified atom stereocenters. The lowest BCUT2D eigenvalue weighted by atomic mass is 10.0. The zero-order valence-electron chi connectivity index (χ0n) is 19.7. The van der Waals surface area contributed by atoms with Crippen LogP contribution in [0.2, 0.25) is 0 Å². The van der Waals surface area contributed by atoms with Crippen molar-refractivity contribution in [2.45, 2.75) is 70.7 Å². The highest BCUT2D eigenvalue weighted by molar-refractivity contribution is 5.94. The maximum atomic E-state index is 13.4. The summed E-state index contributed by atoms with van der Waals surface area (Å²) in [6.45, 7) is 7.27. The number of aromatic nitrogens is 2. The van der Waals surface area contributed by atoms with E-state index in [-0.39, 0.29) is 24.1 Å². The topological polar surface area (TPSA) is 102 Å². The normalized spacial score (nSPS) is 17.0. The number of amides is 2. The lowest BCUT2D eigenvalue weighted by Crippen LogP contribution is -2.50. The molecule has 2 aromatic rings. The predicted octanol–water partition coefficient (Wildman–Crippen LogP) is 3.61. The van der Waals surface area contributed by atoms with E-state index in [1.54, 1.807) is 17.3 Å². The molecule has 1 saturated carbocycles. The lowest BCUT2D eigenvalue weighted by molar-refractivity contribution is 0.0142. The second-order valence-electron chi connectivity index (χ2n) is 9.84. The minimum Gasteiger partial charge on any atom is -0.444 e. The van der Waals surface area contributed by atoms with E-state index in [2.05, 4.69) is 9.97 Å². The number of benzene rings is 1. The monoisotopic (exact) mass is 451 g/mol. The van der Waals surface area contributed by atoms with Crippen LogP contribution >= 0.6 is 0 Å². The molecule has 4 rings (SSSR count). The third-order valence-electron chi connectivity index (χ3n) is 6.03. The van der Waals surface area contributed by atoms with Gasteiger partial charge >= 0.3 is 6.09 Å². The molecule has 0 bridgehead atoms. The van der Waals surface area contributed by atoms with Gasteiger partial charge < -0.3 is 20.3 Å². The smallest absolute Gasteiger partial charge is 0.410 e. The standard InChI is InChI=1S/C25H33N5O3/c1-25(2,3)33-24(32)29-12-10-21(11-13-29)30(20-8-9-20)23(31)19-15-27-22(28-16-19)18-6-4-17(14-26)5-7-18/h4-7,15-16,20-21H,8-14,26H2,1-3H3. The summed E-state index contributed by atoms with van der Waals surface area (Å²) in [7, 11) is 0. The van der Waals surface area contributed by atoms with E-state index >= 15 is 0 Å². The largest absolute Gasteiger partial charge is 0.444 e. The third kappa shape index (κ3) is 5.68. The molecule has 176 valence electrons. The maximum absolute atomic E-state index is 13.4. The summed E-state index contributed by atoms with van der Waals surface area (Å²) >= 11 is 0. The highest BCUT2D eigenvalue weighted by atomic mass is 16.6. The molecular formula is C25H33N5O3. The van der Waals surface area contributed by atoms with Crippen molar-refractivity contribution in [2.24, 2.45) is 5.73 Å². The molecule has 1 saturated heterocycles. The van der Waals surface area contributed by atoms with Crippen molar-refractivity contribution in [1.29, 1.82) is 0 Å². The number of carbonyl (C=O) groups excluding carboxylic acids is 2. The van der Waals surface area contributed by atoms with Crippen LogP contribution in [0.15, 0.2) is 36.7 Å². The molecule has 1 aromatic heterocycles. The van der Waals surface area contributed by atoms with Crippen LogP contribution in [0.5, 0.6) is 0 Å². The first-order valence-electron chi connectivity index (χ1n) is 11.7. The summed E-state index contributed by atoms with van der Waals surface area (Å²) in [5.74, 6) is 0.553. The van der Waals surface area contributed by atoms with Crippen LogP contribution in [0.4, 0.5) is 4.79 Å². The summed E-state index contributed by atoms with van der Waals surface area (Å²) in [5.41, 5.74) is 7.58. The number of rotatable bonds is 5. The van der Waals surface area contributed by atoms with E-state index in [9.17, 15) is 9.59 Å². The predicted molar refractivity (Wildman–Crippen MR) is 125 cm³/mol. The van der Waals surface area contributed by atoms with Gasteiger partial charge in [-0.15, -0.1) is 0 Å². The van der Waals surface area contributed by atoms with Crippen LogP contribution in [0.3, 0.4) is 0 Å². The molecule has 0 radical (unpaired) electrons. The maximum Gasteiger partial charge on any atom is 0.410 e. The Morgan fingerprint density at radius 3 is 2.12 bits per heavy atom. The van der Waals surface area contributed by atoms with Crippen molar-refractivity contribution < 1.29 is 14.3 Å². The van der Waals surface area contributed by atoms with Gasteiger partial charge in [0.15, 0.2) is 5.82 Å². The molecule has 2 heterocycles. The van der Waals surface area contributed by atoms with Crippen LogP contribution in [0.1, 0.15) is 62.4 Å². The summed E-state index contributed by atoms with van der Waals surface area (Å²) in [4.78, 5) is 38.4. The van der Waals surface area contributed by atoms with E-state index in [0.29, 0.717) is 31.0 Å². The van der Waals surface area contributed by atoms with Crippen LogP contribution in [0.25, 0.3) is 11.4 Å². The minimum atomic E-state index is -0.511. The molecule has 8 nitrogen and oxygen atoms in total. The number of piperidine rings is 1. The van der Waals surface area contributed by atoms with Gasteiger partial charge in [0.25, 0.3) is 5.91 Å². The Balaban J connectivity index is 1.41. The Morgan fingerprint density at radius 2 is 1.61 bits per heavy atom. The van der Waals surface area contributed by atoms with Gasteiger partial charge in [-0.2, -0.15) is 0 Å². The van der Waals surface area contributed by atoms with Crippen LogP contribution in [-0.2, 0) is 11.3 Å². The molecule has 2 amide bonds. The van der Waals surface area contributed by atoms with Gasteiger partial charge in [0, 0.05) is 49.7 Å². The molecule has 0 spiro atoms. The quantitative estimate of drug-likeness (QED) is 0.745. The second kappa shape index (κ2) is 9.47. The molecule has 1 aromatic carbocycles. The number of hydrogen-bond acceptors (Lipinski definition) is 6. The zero-order valence-corrected chi connectivity index (χ0v) is 19.7. The number of nitrogens with zero attached hydrogens (tertiary/aromatic N) is 4. The van der Waals surface area contributed by atoms with E-state index in [4.69, 9.17) is 10.5 Å². The van der Waals surface area contributed by atoms with Gasteiger partial charge in [0.2, 0.25) is 0 Å². The Labute approximate surface area is 195 Å². The molecule has 0 atom stereocenters. The Hall–Kier alpha value is -3.00. The van der Waals surface area contributed by atoms with Gasteiger partial charge in [-0.25, -0.2) is 14.8 Å². The fourth-order valence-electron chi connectivity index (χ4n) is 4.16. The summed E-state index contributed by atoms with van der Waals surface area (Å²) < 4.78 is 5.49. The number of carbonyl (C=O) groups is 2. The van der Waals surface area contributed by atoms with E-state index < -0.39 is 5.60 Å². The van der Waals surface area contributed by atoms with E-state index in [1.807, 2.05) is 49.9 Å². The molecule has 8 heteroatoms. The minimum absolute atomic E-state index is 0.0294. The average Bonchev–Trinajstić information content (AvgIpc) is 3.64. The SMILES string of the molecule is CC(C)(C)OC(=O)N1CCC(N(C(=O)c2cnc(-c3ccc(CN)cc3)nc2)C2CC2)CC1. The molecule has 2 N–H and O–H groups in total. The molecule has 2 fully saturated rings. The highest BCUT2D eigenvalue weighted by Gasteiger charge is 2.40. The highest BCUT2D eigenvalue weighted by Crippen LogP contribution is 2.33. The van der Waals surface area contributed by atoms with Crippen molar-refractivity contribution in [1.82, 2.24) is 19.8 Å². The number of likely N-dealkylation sites (tertiary alicyclic amines) is 1. The summed E-state index contributed by atoms with van der Waals surface area (Å²) in [6.07, 6.45) is 6.48. The first-order valence-corrected chi connectivity index (χ1v) is 11.7. The van der Waals surface area contributed by atoms with Crippen molar-refractivity contribution in [2.75, 3.05) is 13.1 Å². The van der Waals surface area contributed by atoms with E-state index in [0.717, 1.165) is 36.8 Å². The Morgan fingerprint density at radius 1 is 1.03 bits per heavy atom. The first-order chi connectivity index (χ1) is 15.7. The van der Waals surface area contributed by atoms with Crippen molar-refractivity contribution in [3.8, 4) is 11.4 Å². The fourth-order valence-corrected chi connectivity index (χ4v) is 4.16. The fraction of sp³-hybridized carbons (Fsp3) is 0.520. The summed E-state index contributed by atoms with van der Waals surface area (Å²) in [5, 5.41) is 0. The molecule has 1 aliphatic heterocycles. The summed E-state index contributed by atoms with van der Waals surface area (Å²) in [6, 6.07) is 8.15. The second-order valence-corrected chi connectivity index (χ2v) is 9.84. The molecule has 2 aliphatic rings. The van der Waals surface area contributed by atoms with Gasteiger partial charge in [-0.3, -0.25) is 4.79 Å². The van der Waals surface area contributed by atoms with Crippen LogP contribution < -0.4 is 5.73 Å². The number of ether oxygens (including phenoxy) is 1. The zero-order chi connectivity index (χ0) is 23.6. The van der Waals surface area contributed by atoms with Gasteiger partial charge in [0.05, 0.1) is 5.56 Å². The first kappa shape index (κ1) is 23.2. The molecule has 1 aliphatic carbocycles. The average molecular weight is 452 g/mol. The van der Waals surface area contributed by atoms with Crippen molar-refractivity contribution in [3.05, 3.63) is 47.8 Å². The Kier molecular flexibility index (Phi) is 6.65. The van der Waals surface area contributed by atoms with Crippen LogP contribution in [-0.4, -0.2) is 62.5 Å². The van der Waals surface area contributed by atoms with Crippen molar-refractivity contribution in [3.63, 3.8) is 0 Å². The Bertz CT molecular complexity index is 973. The number of hydrogen-bond donors (Lipinski definition) is 1. The van der Waals surface area contributed by atoms with Gasteiger partial charge in [0.1, 0.15) is 5.60 Å². The van der Waals surface area contributed by atoms with Gasteiger partial charge in [-0.05, 0) is 52.0 Å². The van der Waals surface area contributed by atoms with E-state index in [1.165, 1.54) is 0 Å². The molecular weight excluding hydrogens is 418 g/mol. The van der Waals surface area contributed by atoms with Gasteiger partial charge in [-0.1, -0.05) is 24.3 Å². The third-order valence-corrected chi connectivity index (χ3v) is 6.03. The molecule has 33 heavy (non-hydrogen) atoms. The van der Waals surface area contributed by atoms with Crippen LogP contribution in [0, 0.1) is 0 Å².